The van der Waals surface area contributed by atoms with E-state index in [-0.39, 0.29) is 30.3 Å². The summed E-state index contributed by atoms with van der Waals surface area (Å²) in [4.78, 5) is 44.0. The molecule has 1 saturated carbocycles. The van der Waals surface area contributed by atoms with Crippen molar-refractivity contribution in [2.45, 2.75) is 83.2 Å². The van der Waals surface area contributed by atoms with Crippen LogP contribution in [-0.2, 0) is 25.7 Å². The highest BCUT2D eigenvalue weighted by Gasteiger charge is 2.72. The lowest BCUT2D eigenvalue weighted by molar-refractivity contribution is -0.142. The Bertz CT molecular complexity index is 1400. The summed E-state index contributed by atoms with van der Waals surface area (Å²) in [6, 6.07) is 14.4. The second-order valence-corrected chi connectivity index (χ2v) is 13.2. The Kier molecular flexibility index (Phi) is 7.84. The van der Waals surface area contributed by atoms with E-state index in [1.54, 1.807) is 12.0 Å². The Balaban J connectivity index is 1.30. The molecule has 0 aromatic heterocycles. The lowest BCUT2D eigenvalue weighted by Gasteiger charge is -2.38. The van der Waals surface area contributed by atoms with E-state index in [9.17, 15) is 14.4 Å². The van der Waals surface area contributed by atoms with E-state index in [0.717, 1.165) is 24.8 Å². The van der Waals surface area contributed by atoms with Crippen LogP contribution in [0.1, 0.15) is 64.0 Å². The summed E-state index contributed by atoms with van der Waals surface area (Å²) in [6.45, 7) is 8.89. The molecule has 1 aliphatic carbocycles. The number of anilines is 1. The number of carbonyl (C=O) groups excluding carboxylic acids is 3. The summed E-state index contributed by atoms with van der Waals surface area (Å²) in [6.07, 6.45) is 6.27. The number of fused-ring (bicyclic) bond motifs is 1. The van der Waals surface area contributed by atoms with Gasteiger partial charge in [-0.25, -0.2) is 0 Å². The van der Waals surface area contributed by atoms with Gasteiger partial charge in [-0.05, 0) is 59.6 Å². The van der Waals surface area contributed by atoms with Gasteiger partial charge < -0.3 is 25.0 Å². The lowest BCUT2D eigenvalue weighted by atomic mass is 9.73. The summed E-state index contributed by atoms with van der Waals surface area (Å²) in [5.74, 6) is -0.335. The molecule has 2 bridgehead atoms. The van der Waals surface area contributed by atoms with Gasteiger partial charge in [-0.2, -0.15) is 0 Å². The number of benzene rings is 2. The van der Waals surface area contributed by atoms with Gasteiger partial charge in [0.25, 0.3) is 0 Å². The SMILES string of the molecule is COc1ccc(CN2C(=O)[C@@H]3[C@H](C(=O)Nc4ccc(C(C)C)cc4)[C@@H]4C=C[C@@]3(O4)[C@@H]2C(=O)N[C@@H]2CCC[C@@H](C)[C@H]2C)cc1. The largest absolute Gasteiger partial charge is 0.497 e. The maximum Gasteiger partial charge on any atom is 0.246 e. The maximum atomic E-state index is 14.3. The van der Waals surface area contributed by atoms with Gasteiger partial charge >= 0.3 is 0 Å². The minimum absolute atomic E-state index is 0.0279. The number of ether oxygens (including phenoxy) is 2. The van der Waals surface area contributed by atoms with Crippen molar-refractivity contribution in [1.82, 2.24) is 10.2 Å². The van der Waals surface area contributed by atoms with Gasteiger partial charge in [0.1, 0.15) is 17.4 Å². The van der Waals surface area contributed by atoms with Crippen LogP contribution in [0, 0.1) is 23.7 Å². The molecule has 228 valence electrons. The number of amides is 3. The van der Waals surface area contributed by atoms with E-state index < -0.39 is 29.6 Å². The van der Waals surface area contributed by atoms with Crippen molar-refractivity contribution in [1.29, 1.82) is 0 Å². The third-order valence-electron chi connectivity index (χ3n) is 10.3. The van der Waals surface area contributed by atoms with E-state index in [2.05, 4.69) is 38.3 Å². The minimum Gasteiger partial charge on any atom is -0.497 e. The maximum absolute atomic E-state index is 14.3. The second-order valence-electron chi connectivity index (χ2n) is 13.2. The van der Waals surface area contributed by atoms with Crippen molar-refractivity contribution in [2.75, 3.05) is 12.4 Å². The first-order valence-corrected chi connectivity index (χ1v) is 15.6. The number of hydrogen-bond donors (Lipinski definition) is 2. The molecule has 1 spiro atoms. The molecule has 3 amide bonds. The first kappa shape index (κ1) is 29.4. The lowest BCUT2D eigenvalue weighted by Crippen LogP contribution is -2.57. The number of carbonyl (C=O) groups is 3. The highest BCUT2D eigenvalue weighted by Crippen LogP contribution is 2.55. The van der Waals surface area contributed by atoms with Crippen LogP contribution in [0.4, 0.5) is 5.69 Å². The molecule has 43 heavy (non-hydrogen) atoms. The molecule has 0 unspecified atom stereocenters. The van der Waals surface area contributed by atoms with Gasteiger partial charge in [0.2, 0.25) is 17.7 Å². The van der Waals surface area contributed by atoms with E-state index in [4.69, 9.17) is 9.47 Å². The van der Waals surface area contributed by atoms with Crippen molar-refractivity contribution in [3.63, 3.8) is 0 Å². The van der Waals surface area contributed by atoms with E-state index in [0.29, 0.717) is 29.2 Å². The van der Waals surface area contributed by atoms with Crippen LogP contribution in [0.15, 0.2) is 60.7 Å². The van der Waals surface area contributed by atoms with Crippen LogP contribution in [0.3, 0.4) is 0 Å². The van der Waals surface area contributed by atoms with Gasteiger partial charge in [-0.3, -0.25) is 14.4 Å². The third kappa shape index (κ3) is 5.13. The molecule has 2 saturated heterocycles. The Hall–Kier alpha value is -3.65. The molecule has 0 radical (unpaired) electrons. The topological polar surface area (TPSA) is 97.0 Å². The Morgan fingerprint density at radius 2 is 1.77 bits per heavy atom. The quantitative estimate of drug-likeness (QED) is 0.423. The van der Waals surface area contributed by atoms with Crippen molar-refractivity contribution < 1.29 is 23.9 Å². The standard InChI is InChI=1S/C35H43N3O5/c1-20(2)24-11-13-25(14-12-24)36-32(39)29-28-17-18-35(43-28)30(29)34(41)38(19-23-9-15-26(42-5)16-10-23)31(35)33(40)37-27-8-6-7-21(3)22(27)4/h9-18,20-22,27-31H,6-8,19H2,1-5H3,(H,36,39)(H,37,40)/t21-,22-,27-,28+,29-,30+,31+,35+/m1/s1. The first-order valence-electron chi connectivity index (χ1n) is 15.6. The molecule has 6 rings (SSSR count). The monoisotopic (exact) mass is 585 g/mol. The summed E-state index contributed by atoms with van der Waals surface area (Å²) in [5, 5.41) is 6.34. The number of nitrogens with one attached hydrogen (secondary N) is 2. The fourth-order valence-corrected chi connectivity index (χ4v) is 7.59. The predicted molar refractivity (Wildman–Crippen MR) is 164 cm³/mol. The van der Waals surface area contributed by atoms with E-state index in [1.807, 2.05) is 60.7 Å². The van der Waals surface area contributed by atoms with Crippen LogP contribution in [-0.4, -0.2) is 53.5 Å². The van der Waals surface area contributed by atoms with Crippen LogP contribution in [0.25, 0.3) is 0 Å². The van der Waals surface area contributed by atoms with Crippen molar-refractivity contribution in [3.8, 4) is 5.75 Å². The zero-order valence-electron chi connectivity index (χ0n) is 25.7. The average Bonchev–Trinajstić information content (AvgIpc) is 3.63. The molecule has 8 heteroatoms. The highest BCUT2D eigenvalue weighted by atomic mass is 16.5. The summed E-state index contributed by atoms with van der Waals surface area (Å²) in [5.41, 5.74) is 1.52. The number of likely N-dealkylation sites (tertiary alicyclic amines) is 1. The summed E-state index contributed by atoms with van der Waals surface area (Å²) < 4.78 is 11.8. The molecule has 3 heterocycles. The molecule has 8 nitrogen and oxygen atoms in total. The smallest absolute Gasteiger partial charge is 0.246 e. The van der Waals surface area contributed by atoms with Crippen molar-refractivity contribution in [3.05, 3.63) is 71.8 Å². The minimum atomic E-state index is -1.20. The normalized spacial score (nSPS) is 32.7. The van der Waals surface area contributed by atoms with Crippen molar-refractivity contribution >= 4 is 23.4 Å². The van der Waals surface area contributed by atoms with Crippen LogP contribution < -0.4 is 15.4 Å². The third-order valence-corrected chi connectivity index (χ3v) is 10.3. The first-order chi connectivity index (χ1) is 20.6. The van der Waals surface area contributed by atoms with Gasteiger partial charge in [0.05, 0.1) is 25.0 Å². The Morgan fingerprint density at radius 1 is 1.05 bits per heavy atom. The molecular weight excluding hydrogens is 542 g/mol. The number of hydrogen-bond acceptors (Lipinski definition) is 5. The second kappa shape index (κ2) is 11.5. The Labute approximate surface area is 254 Å². The molecule has 8 atom stereocenters. The molecule has 3 aliphatic heterocycles. The molecule has 2 N–H and O–H groups in total. The van der Waals surface area contributed by atoms with Crippen molar-refractivity contribution in [2.24, 2.45) is 23.7 Å². The van der Waals surface area contributed by atoms with Crippen LogP contribution in [0.2, 0.25) is 0 Å². The molecule has 2 aromatic carbocycles. The van der Waals surface area contributed by atoms with E-state index >= 15 is 0 Å². The summed E-state index contributed by atoms with van der Waals surface area (Å²) >= 11 is 0. The fourth-order valence-electron chi connectivity index (χ4n) is 7.59. The van der Waals surface area contributed by atoms with Gasteiger partial charge in [-0.1, -0.05) is 77.0 Å². The molecular formula is C35H43N3O5. The van der Waals surface area contributed by atoms with Crippen LogP contribution in [0.5, 0.6) is 5.75 Å². The number of methoxy groups -OCH3 is 1. The number of rotatable bonds is 8. The zero-order valence-corrected chi connectivity index (χ0v) is 25.7. The predicted octanol–water partition coefficient (Wildman–Crippen LogP) is 5.05. The molecule has 3 fully saturated rings. The van der Waals surface area contributed by atoms with Gasteiger partial charge in [0.15, 0.2) is 0 Å². The average molecular weight is 586 g/mol. The molecule has 4 aliphatic rings. The van der Waals surface area contributed by atoms with Crippen LogP contribution >= 0.6 is 0 Å². The van der Waals surface area contributed by atoms with E-state index in [1.165, 1.54) is 5.56 Å². The Morgan fingerprint density at radius 3 is 2.44 bits per heavy atom. The van der Waals surface area contributed by atoms with Gasteiger partial charge in [0, 0.05) is 18.3 Å². The van der Waals surface area contributed by atoms with Gasteiger partial charge in [-0.15, -0.1) is 0 Å². The number of nitrogens with zero attached hydrogens (tertiary/aromatic N) is 1. The fraction of sp³-hybridized carbons (Fsp3) is 0.514. The molecule has 2 aromatic rings. The zero-order chi connectivity index (χ0) is 30.5. The summed E-state index contributed by atoms with van der Waals surface area (Å²) in [7, 11) is 1.61. The highest BCUT2D eigenvalue weighted by molar-refractivity contribution is 6.02.